The van der Waals surface area contributed by atoms with E-state index in [1.807, 2.05) is 37.3 Å². The molecule has 0 heterocycles. The lowest BCUT2D eigenvalue weighted by molar-refractivity contribution is -0.121. The lowest BCUT2D eigenvalue weighted by Crippen LogP contribution is -2.36. The molecule has 1 N–H and O–H groups in total. The topological polar surface area (TPSA) is 29.1 Å². The predicted octanol–water partition coefficient (Wildman–Crippen LogP) is 3.85. The molecule has 2 nitrogen and oxygen atoms in total. The van der Waals surface area contributed by atoms with Crippen LogP contribution in [-0.4, -0.2) is 11.9 Å². The van der Waals surface area contributed by atoms with E-state index in [-0.39, 0.29) is 17.8 Å². The van der Waals surface area contributed by atoms with Gasteiger partial charge in [0.15, 0.2) is 0 Å². The van der Waals surface area contributed by atoms with E-state index in [2.05, 4.69) is 5.32 Å². The first-order chi connectivity index (χ1) is 10.1. The Bertz CT molecular complexity index is 585. The van der Waals surface area contributed by atoms with Crippen LogP contribution in [0.15, 0.2) is 54.6 Å². The number of nitrogens with one attached hydrogen (secondary N) is 1. The van der Waals surface area contributed by atoms with Crippen LogP contribution < -0.4 is 5.32 Å². The third-order valence-corrected chi connectivity index (χ3v) is 3.62. The third kappa shape index (κ3) is 4.57. The molecule has 110 valence electrons. The smallest absolute Gasteiger partial charge is 0.242 e. The van der Waals surface area contributed by atoms with E-state index in [1.165, 1.54) is 12.1 Å². The van der Waals surface area contributed by atoms with Gasteiger partial charge in [-0.1, -0.05) is 42.5 Å². The summed E-state index contributed by atoms with van der Waals surface area (Å²) in [6, 6.07) is 15.4. The Morgan fingerprint density at radius 3 is 2.38 bits per heavy atom. The van der Waals surface area contributed by atoms with Crippen molar-refractivity contribution in [3.63, 3.8) is 0 Å². The molecule has 0 aliphatic rings. The highest BCUT2D eigenvalue weighted by atomic mass is 35.5. The van der Waals surface area contributed by atoms with E-state index >= 15 is 0 Å². The molecular weight excluding hydrogens is 289 g/mol. The molecule has 2 rings (SSSR count). The summed E-state index contributed by atoms with van der Waals surface area (Å²) in [5, 5.41) is 2.17. The maximum absolute atomic E-state index is 12.8. The second kappa shape index (κ2) is 7.23. The normalized spacial score (nSPS) is 13.5. The zero-order chi connectivity index (χ0) is 15.2. The lowest BCUT2D eigenvalue weighted by atomic mass is 10.1. The maximum atomic E-state index is 12.8. The number of rotatable bonds is 5. The zero-order valence-corrected chi connectivity index (χ0v) is 12.5. The molecule has 1 amide bonds. The Kier molecular flexibility index (Phi) is 5.34. The fraction of sp³-hybridized carbons (Fsp3) is 0.235. The first-order valence-electron chi connectivity index (χ1n) is 6.80. The second-order valence-corrected chi connectivity index (χ2v) is 5.45. The van der Waals surface area contributed by atoms with Crippen LogP contribution >= 0.6 is 11.6 Å². The van der Waals surface area contributed by atoms with E-state index in [9.17, 15) is 9.18 Å². The van der Waals surface area contributed by atoms with Gasteiger partial charge in [0.2, 0.25) is 5.91 Å². The van der Waals surface area contributed by atoms with Crippen LogP contribution in [0.1, 0.15) is 23.4 Å². The summed E-state index contributed by atoms with van der Waals surface area (Å²) in [5.74, 6) is -0.488. The van der Waals surface area contributed by atoms with Crippen LogP contribution in [0.5, 0.6) is 0 Å². The molecule has 0 aliphatic heterocycles. The van der Waals surface area contributed by atoms with E-state index < -0.39 is 5.38 Å². The van der Waals surface area contributed by atoms with E-state index in [0.717, 1.165) is 11.1 Å². The van der Waals surface area contributed by atoms with Gasteiger partial charge < -0.3 is 5.32 Å². The number of hydrogen-bond donors (Lipinski definition) is 1. The summed E-state index contributed by atoms with van der Waals surface area (Å²) in [6.45, 7) is 1.90. The summed E-state index contributed by atoms with van der Waals surface area (Å²) in [4.78, 5) is 12.1. The van der Waals surface area contributed by atoms with Crippen LogP contribution in [-0.2, 0) is 11.2 Å². The molecule has 0 aromatic heterocycles. The minimum absolute atomic E-state index is 0.0760. The monoisotopic (exact) mass is 305 g/mol. The van der Waals surface area contributed by atoms with Crippen molar-refractivity contribution in [3.8, 4) is 0 Å². The van der Waals surface area contributed by atoms with E-state index in [4.69, 9.17) is 11.6 Å². The van der Waals surface area contributed by atoms with Crippen molar-refractivity contribution in [2.24, 2.45) is 0 Å². The minimum Gasteiger partial charge on any atom is -0.352 e. The van der Waals surface area contributed by atoms with Gasteiger partial charge in [-0.15, -0.1) is 11.6 Å². The second-order valence-electron chi connectivity index (χ2n) is 5.01. The average molecular weight is 306 g/mol. The van der Waals surface area contributed by atoms with Crippen molar-refractivity contribution in [2.75, 3.05) is 0 Å². The van der Waals surface area contributed by atoms with E-state index in [1.54, 1.807) is 12.1 Å². The molecule has 0 saturated carbocycles. The Morgan fingerprint density at radius 2 is 1.76 bits per heavy atom. The van der Waals surface area contributed by atoms with Gasteiger partial charge in [0.25, 0.3) is 0 Å². The van der Waals surface area contributed by atoms with Crippen LogP contribution in [0.4, 0.5) is 4.39 Å². The minimum atomic E-state index is -0.707. The molecule has 21 heavy (non-hydrogen) atoms. The molecule has 2 aromatic rings. The number of carbonyl (C=O) groups excluding carboxylic acids is 1. The summed E-state index contributed by atoms with van der Waals surface area (Å²) < 4.78 is 12.8. The zero-order valence-electron chi connectivity index (χ0n) is 11.7. The van der Waals surface area contributed by atoms with E-state index in [0.29, 0.717) is 6.42 Å². The predicted molar refractivity (Wildman–Crippen MR) is 82.7 cm³/mol. The molecule has 0 radical (unpaired) electrons. The van der Waals surface area contributed by atoms with Crippen LogP contribution in [0.2, 0.25) is 0 Å². The number of hydrogen-bond acceptors (Lipinski definition) is 1. The molecule has 0 saturated heterocycles. The van der Waals surface area contributed by atoms with Crippen LogP contribution in [0.25, 0.3) is 0 Å². The lowest BCUT2D eigenvalue weighted by Gasteiger charge is -2.17. The van der Waals surface area contributed by atoms with Crippen molar-refractivity contribution >= 4 is 17.5 Å². The van der Waals surface area contributed by atoms with Crippen molar-refractivity contribution in [2.45, 2.75) is 24.8 Å². The number of benzene rings is 2. The Balaban J connectivity index is 1.91. The molecule has 2 unspecified atom stereocenters. The number of carbonyl (C=O) groups is 1. The van der Waals surface area contributed by atoms with Gasteiger partial charge in [-0.2, -0.15) is 0 Å². The molecule has 0 fully saturated rings. The fourth-order valence-electron chi connectivity index (χ4n) is 2.11. The molecular formula is C17H17ClFNO. The van der Waals surface area contributed by atoms with Gasteiger partial charge in [-0.25, -0.2) is 4.39 Å². The summed E-state index contributed by atoms with van der Waals surface area (Å²) >= 11 is 6.16. The molecule has 2 atom stereocenters. The molecule has 0 aliphatic carbocycles. The van der Waals surface area contributed by atoms with Gasteiger partial charge in [0.05, 0.1) is 0 Å². The Labute approximate surface area is 128 Å². The number of amides is 1. The highest BCUT2D eigenvalue weighted by Gasteiger charge is 2.19. The first-order valence-corrected chi connectivity index (χ1v) is 7.23. The summed E-state index contributed by atoms with van der Waals surface area (Å²) in [7, 11) is 0. The standard InChI is InChI=1S/C17H17ClFNO/c1-12(11-13-7-9-15(19)10-8-13)20-17(21)16(18)14-5-3-2-4-6-14/h2-10,12,16H,11H2,1H3,(H,20,21). The average Bonchev–Trinajstić information content (AvgIpc) is 2.49. The maximum Gasteiger partial charge on any atom is 0.242 e. The van der Waals surface area contributed by atoms with Gasteiger partial charge in [-0.3, -0.25) is 4.79 Å². The molecule has 0 spiro atoms. The van der Waals surface area contributed by atoms with Gasteiger partial charge >= 0.3 is 0 Å². The molecule has 2 aromatic carbocycles. The highest BCUT2D eigenvalue weighted by Crippen LogP contribution is 2.20. The van der Waals surface area contributed by atoms with Gasteiger partial charge in [-0.05, 0) is 36.6 Å². The largest absolute Gasteiger partial charge is 0.352 e. The summed E-state index contributed by atoms with van der Waals surface area (Å²) in [6.07, 6.45) is 0.629. The quantitative estimate of drug-likeness (QED) is 0.835. The highest BCUT2D eigenvalue weighted by molar-refractivity contribution is 6.30. The Hall–Kier alpha value is -1.87. The van der Waals surface area contributed by atoms with Gasteiger partial charge in [0.1, 0.15) is 11.2 Å². The van der Waals surface area contributed by atoms with Gasteiger partial charge in [0, 0.05) is 6.04 Å². The van der Waals surface area contributed by atoms with Crippen molar-refractivity contribution < 1.29 is 9.18 Å². The van der Waals surface area contributed by atoms with Crippen molar-refractivity contribution in [1.29, 1.82) is 0 Å². The third-order valence-electron chi connectivity index (χ3n) is 3.17. The first kappa shape index (κ1) is 15.5. The number of alkyl halides is 1. The van der Waals surface area contributed by atoms with Crippen LogP contribution in [0.3, 0.4) is 0 Å². The Morgan fingerprint density at radius 1 is 1.14 bits per heavy atom. The van der Waals surface area contributed by atoms with Crippen molar-refractivity contribution in [1.82, 2.24) is 5.32 Å². The van der Waals surface area contributed by atoms with Crippen molar-refractivity contribution in [3.05, 3.63) is 71.5 Å². The van der Waals surface area contributed by atoms with Crippen LogP contribution in [0, 0.1) is 5.82 Å². The SMILES string of the molecule is CC(Cc1ccc(F)cc1)NC(=O)C(Cl)c1ccccc1. The molecule has 0 bridgehead atoms. The molecule has 4 heteroatoms. The fourth-order valence-corrected chi connectivity index (χ4v) is 2.32. The summed E-state index contributed by atoms with van der Waals surface area (Å²) in [5.41, 5.74) is 1.74. The number of halogens is 2.